The molecule has 0 fully saturated rings. The summed E-state index contributed by atoms with van der Waals surface area (Å²) < 4.78 is 40.7. The van der Waals surface area contributed by atoms with Crippen LogP contribution < -0.4 is 10.5 Å². The molecule has 0 aliphatic carbocycles. The molecule has 4 nitrogen and oxygen atoms in total. The largest absolute Gasteiger partial charge is 0.398 e. The van der Waals surface area contributed by atoms with E-state index in [9.17, 15) is 12.8 Å². The van der Waals surface area contributed by atoms with E-state index in [1.165, 1.54) is 24.3 Å². The lowest BCUT2D eigenvalue weighted by Crippen LogP contribution is -2.24. The average molecular weight is 359 g/mol. The van der Waals surface area contributed by atoms with Crippen LogP contribution in [-0.2, 0) is 16.6 Å². The van der Waals surface area contributed by atoms with Crippen LogP contribution in [0.3, 0.4) is 0 Å². The summed E-state index contributed by atoms with van der Waals surface area (Å²) in [4.78, 5) is -0.0387. The summed E-state index contributed by atoms with van der Waals surface area (Å²) in [6, 6.07) is 10.5. The number of rotatable bonds is 4. The fourth-order valence-corrected chi connectivity index (χ4v) is 3.31. The Balaban J connectivity index is 2.24. The van der Waals surface area contributed by atoms with Crippen LogP contribution >= 0.6 is 15.9 Å². The molecule has 0 heterocycles. The highest BCUT2D eigenvalue weighted by Gasteiger charge is 2.18. The summed E-state index contributed by atoms with van der Waals surface area (Å²) in [6.45, 7) is -0.138. The summed E-state index contributed by atoms with van der Waals surface area (Å²) in [5.74, 6) is -0.461. The van der Waals surface area contributed by atoms with E-state index in [-0.39, 0.29) is 22.7 Å². The molecule has 0 aliphatic rings. The van der Waals surface area contributed by atoms with Crippen LogP contribution in [0.4, 0.5) is 10.1 Å². The zero-order valence-corrected chi connectivity index (χ0v) is 12.7. The van der Waals surface area contributed by atoms with Gasteiger partial charge in [-0.3, -0.25) is 0 Å². The van der Waals surface area contributed by atoms with Gasteiger partial charge in [0.15, 0.2) is 0 Å². The summed E-state index contributed by atoms with van der Waals surface area (Å²) in [6.07, 6.45) is 0. The van der Waals surface area contributed by atoms with Crippen molar-refractivity contribution in [1.82, 2.24) is 4.72 Å². The maximum atomic E-state index is 13.4. The first-order chi connectivity index (χ1) is 9.40. The molecule has 0 aromatic heterocycles. The van der Waals surface area contributed by atoms with Gasteiger partial charge in [-0.2, -0.15) is 0 Å². The van der Waals surface area contributed by atoms with Gasteiger partial charge in [-0.05, 0) is 24.3 Å². The first kappa shape index (κ1) is 15.0. The summed E-state index contributed by atoms with van der Waals surface area (Å²) in [5, 5.41) is 0. The number of sulfonamides is 1. The number of halogens is 2. The van der Waals surface area contributed by atoms with Crippen molar-refractivity contribution in [3.63, 3.8) is 0 Å². The number of nitrogens with two attached hydrogens (primary N) is 1. The van der Waals surface area contributed by atoms with Gasteiger partial charge < -0.3 is 5.73 Å². The third kappa shape index (κ3) is 3.36. The van der Waals surface area contributed by atoms with Crippen molar-refractivity contribution >= 4 is 31.6 Å². The molecule has 0 aliphatic heterocycles. The third-order valence-electron chi connectivity index (χ3n) is 2.68. The lowest BCUT2D eigenvalue weighted by molar-refractivity contribution is 0.574. The Morgan fingerprint density at radius 3 is 2.60 bits per heavy atom. The molecule has 2 aromatic carbocycles. The van der Waals surface area contributed by atoms with Crippen LogP contribution in [0.5, 0.6) is 0 Å². The van der Waals surface area contributed by atoms with Gasteiger partial charge in [0.1, 0.15) is 10.7 Å². The number of anilines is 1. The molecular formula is C13H12BrFN2O2S. The van der Waals surface area contributed by atoms with Crippen LogP contribution in [-0.4, -0.2) is 8.42 Å². The quantitative estimate of drug-likeness (QED) is 0.825. The minimum absolute atomic E-state index is 0.0387. The van der Waals surface area contributed by atoms with Gasteiger partial charge in [-0.15, -0.1) is 0 Å². The first-order valence-electron chi connectivity index (χ1n) is 5.68. The first-order valence-corrected chi connectivity index (χ1v) is 7.96. The molecule has 0 saturated heterocycles. The molecule has 20 heavy (non-hydrogen) atoms. The van der Waals surface area contributed by atoms with E-state index in [1.807, 2.05) is 0 Å². The van der Waals surface area contributed by atoms with Crippen LogP contribution in [0, 0.1) is 5.82 Å². The molecule has 0 atom stereocenters. The average Bonchev–Trinajstić information content (AvgIpc) is 2.40. The van der Waals surface area contributed by atoms with Crippen LogP contribution in [0.15, 0.2) is 51.8 Å². The van der Waals surface area contributed by atoms with Gasteiger partial charge >= 0.3 is 0 Å². The third-order valence-corrected chi connectivity index (χ3v) is 4.63. The SMILES string of the molecule is Nc1ccc(Br)cc1S(=O)(=O)NCc1ccccc1F. The lowest BCUT2D eigenvalue weighted by atomic mass is 10.2. The Morgan fingerprint density at radius 2 is 1.90 bits per heavy atom. The zero-order valence-electron chi connectivity index (χ0n) is 10.3. The van der Waals surface area contributed by atoms with Crippen molar-refractivity contribution in [3.05, 3.63) is 58.3 Å². The molecule has 106 valence electrons. The predicted octanol–water partition coefficient (Wildman–Crippen LogP) is 2.65. The highest BCUT2D eigenvalue weighted by Crippen LogP contribution is 2.23. The van der Waals surface area contributed by atoms with Gasteiger partial charge in [0.05, 0.1) is 5.69 Å². The molecule has 2 aromatic rings. The molecule has 0 radical (unpaired) electrons. The van der Waals surface area contributed by atoms with Crippen molar-refractivity contribution < 1.29 is 12.8 Å². The van der Waals surface area contributed by atoms with Crippen molar-refractivity contribution in [2.24, 2.45) is 0 Å². The Kier molecular flexibility index (Phi) is 4.42. The van der Waals surface area contributed by atoms with E-state index >= 15 is 0 Å². The Labute approximate surface area is 125 Å². The van der Waals surface area contributed by atoms with Gasteiger partial charge in [-0.25, -0.2) is 17.5 Å². The van der Waals surface area contributed by atoms with Gasteiger partial charge in [0.2, 0.25) is 10.0 Å². The minimum atomic E-state index is -3.80. The Hall–Kier alpha value is -1.44. The van der Waals surface area contributed by atoms with Crippen molar-refractivity contribution in [1.29, 1.82) is 0 Å². The monoisotopic (exact) mass is 358 g/mol. The Bertz CT molecular complexity index is 735. The molecule has 2 rings (SSSR count). The van der Waals surface area contributed by atoms with Crippen molar-refractivity contribution in [2.45, 2.75) is 11.4 Å². The maximum Gasteiger partial charge on any atom is 0.242 e. The summed E-state index contributed by atoms with van der Waals surface area (Å²) >= 11 is 3.19. The molecule has 0 spiro atoms. The smallest absolute Gasteiger partial charge is 0.242 e. The number of benzene rings is 2. The van der Waals surface area contributed by atoms with Crippen LogP contribution in [0.1, 0.15) is 5.56 Å². The number of nitrogen functional groups attached to an aromatic ring is 1. The highest BCUT2D eigenvalue weighted by molar-refractivity contribution is 9.10. The van der Waals surface area contributed by atoms with E-state index < -0.39 is 15.8 Å². The standard InChI is InChI=1S/C13H12BrFN2O2S/c14-10-5-6-12(16)13(7-10)20(18,19)17-8-9-3-1-2-4-11(9)15/h1-7,17H,8,16H2. The van der Waals surface area contributed by atoms with Gasteiger partial charge in [0.25, 0.3) is 0 Å². The minimum Gasteiger partial charge on any atom is -0.398 e. The Morgan fingerprint density at radius 1 is 1.20 bits per heavy atom. The van der Waals surface area contributed by atoms with Crippen molar-refractivity contribution in [3.8, 4) is 0 Å². The summed E-state index contributed by atoms with van der Waals surface area (Å²) in [5.41, 5.74) is 6.06. The molecular weight excluding hydrogens is 347 g/mol. The second-order valence-corrected chi connectivity index (χ2v) is 6.75. The van der Waals surface area contributed by atoms with E-state index in [4.69, 9.17) is 5.73 Å². The maximum absolute atomic E-state index is 13.4. The van der Waals surface area contributed by atoms with E-state index in [2.05, 4.69) is 20.7 Å². The normalized spacial score (nSPS) is 11.5. The number of hydrogen-bond acceptors (Lipinski definition) is 3. The number of hydrogen-bond donors (Lipinski definition) is 2. The zero-order chi connectivity index (χ0) is 14.8. The molecule has 0 saturated carbocycles. The number of nitrogens with one attached hydrogen (secondary N) is 1. The van der Waals surface area contributed by atoms with Gasteiger partial charge in [-0.1, -0.05) is 34.1 Å². The summed E-state index contributed by atoms with van der Waals surface area (Å²) in [7, 11) is -3.80. The lowest BCUT2D eigenvalue weighted by Gasteiger charge is -2.10. The fourth-order valence-electron chi connectivity index (χ4n) is 1.63. The van der Waals surface area contributed by atoms with Gasteiger partial charge in [0, 0.05) is 16.6 Å². The molecule has 3 N–H and O–H groups in total. The highest BCUT2D eigenvalue weighted by atomic mass is 79.9. The predicted molar refractivity (Wildman–Crippen MR) is 79.0 cm³/mol. The molecule has 0 unspecified atom stereocenters. The molecule has 0 amide bonds. The van der Waals surface area contributed by atoms with Crippen LogP contribution in [0.2, 0.25) is 0 Å². The second-order valence-electron chi connectivity index (χ2n) is 4.10. The second kappa shape index (κ2) is 5.90. The fraction of sp³-hybridized carbons (Fsp3) is 0.0769. The van der Waals surface area contributed by atoms with E-state index in [0.717, 1.165) is 0 Å². The van der Waals surface area contributed by atoms with Crippen molar-refractivity contribution in [2.75, 3.05) is 5.73 Å². The van der Waals surface area contributed by atoms with Crippen LogP contribution in [0.25, 0.3) is 0 Å². The van der Waals surface area contributed by atoms with E-state index in [0.29, 0.717) is 4.47 Å². The topological polar surface area (TPSA) is 72.2 Å². The molecule has 7 heteroatoms. The van der Waals surface area contributed by atoms with E-state index in [1.54, 1.807) is 18.2 Å². The molecule has 0 bridgehead atoms.